The lowest BCUT2D eigenvalue weighted by Crippen LogP contribution is -2.26. The lowest BCUT2D eigenvalue weighted by molar-refractivity contribution is -0.385. The number of carbonyl (C=O) groups is 3. The van der Waals surface area contributed by atoms with Crippen LogP contribution in [-0.4, -0.2) is 48.8 Å². The van der Waals surface area contributed by atoms with E-state index in [1.54, 1.807) is 20.8 Å². The summed E-state index contributed by atoms with van der Waals surface area (Å²) in [6, 6.07) is 9.97. The molecule has 3 rings (SSSR count). The van der Waals surface area contributed by atoms with Crippen LogP contribution in [0.2, 0.25) is 0 Å². The molecule has 3 aromatic rings. The Morgan fingerprint density at radius 2 is 1.76 bits per heavy atom. The number of esters is 2. The summed E-state index contributed by atoms with van der Waals surface area (Å²) in [4.78, 5) is 51.0. The highest BCUT2D eigenvalue weighted by molar-refractivity contribution is 7.92. The van der Waals surface area contributed by atoms with Crippen LogP contribution in [0.1, 0.15) is 56.3 Å². The molecule has 1 atom stereocenters. The van der Waals surface area contributed by atoms with Gasteiger partial charge in [0.1, 0.15) is 0 Å². The molecule has 0 fully saturated rings. The molecule has 1 aromatic heterocycles. The molecule has 1 unspecified atom stereocenters. The third-order valence-electron chi connectivity index (χ3n) is 5.55. The van der Waals surface area contributed by atoms with Crippen LogP contribution in [-0.2, 0) is 19.5 Å². The lowest BCUT2D eigenvalue weighted by atomic mass is 10.1. The third kappa shape index (κ3) is 5.89. The molecule has 0 radical (unpaired) electrons. The van der Waals surface area contributed by atoms with Crippen LogP contribution in [0.4, 0.5) is 11.4 Å². The van der Waals surface area contributed by atoms with E-state index in [1.807, 2.05) is 0 Å². The second kappa shape index (κ2) is 11.3. The van der Waals surface area contributed by atoms with Gasteiger partial charge in [-0.15, -0.1) is 0 Å². The molecule has 38 heavy (non-hydrogen) atoms. The van der Waals surface area contributed by atoms with Gasteiger partial charge in [-0.25, -0.2) is 18.0 Å². The van der Waals surface area contributed by atoms with Crippen LogP contribution in [0.3, 0.4) is 0 Å². The van der Waals surface area contributed by atoms with E-state index in [0.29, 0.717) is 11.3 Å². The minimum Gasteiger partial charge on any atom is -0.462 e. The molecular formula is C25H25N3O9S. The Balaban J connectivity index is 1.83. The van der Waals surface area contributed by atoms with Crippen LogP contribution in [0.15, 0.2) is 53.4 Å². The first-order chi connectivity index (χ1) is 17.9. The summed E-state index contributed by atoms with van der Waals surface area (Å²) in [5.74, 6) is -2.19. The molecule has 1 heterocycles. The highest BCUT2D eigenvalue weighted by atomic mass is 32.2. The number of para-hydroxylation sites is 1. The van der Waals surface area contributed by atoms with Crippen molar-refractivity contribution in [3.05, 3.63) is 86.7 Å². The van der Waals surface area contributed by atoms with Gasteiger partial charge in [0, 0.05) is 17.8 Å². The first-order valence-corrected chi connectivity index (χ1v) is 12.8. The van der Waals surface area contributed by atoms with E-state index in [0.717, 1.165) is 12.1 Å². The number of ether oxygens (including phenoxy) is 2. The molecule has 2 aromatic carbocycles. The maximum Gasteiger partial charge on any atom is 0.340 e. The summed E-state index contributed by atoms with van der Waals surface area (Å²) >= 11 is 0. The topological polar surface area (TPSA) is 175 Å². The summed E-state index contributed by atoms with van der Waals surface area (Å²) in [6.45, 7) is 6.33. The predicted molar refractivity (Wildman–Crippen MR) is 136 cm³/mol. The number of H-pyrrole nitrogens is 1. The minimum atomic E-state index is -4.31. The summed E-state index contributed by atoms with van der Waals surface area (Å²) in [7, 11) is -4.31. The van der Waals surface area contributed by atoms with Crippen molar-refractivity contribution in [2.24, 2.45) is 0 Å². The number of ketones is 1. The van der Waals surface area contributed by atoms with E-state index < -0.39 is 44.5 Å². The summed E-state index contributed by atoms with van der Waals surface area (Å²) in [6.07, 6.45) is -1.30. The average molecular weight is 544 g/mol. The Kier molecular flexibility index (Phi) is 8.31. The Bertz CT molecular complexity index is 1530. The number of anilines is 1. The number of Topliss-reactive ketones (excluding diaryl/α,β-unsaturated/α-hetero) is 1. The lowest BCUT2D eigenvalue weighted by Gasteiger charge is -2.15. The largest absolute Gasteiger partial charge is 0.462 e. The molecule has 0 saturated carbocycles. The highest BCUT2D eigenvalue weighted by Gasteiger charge is 2.29. The van der Waals surface area contributed by atoms with Crippen LogP contribution >= 0.6 is 0 Å². The first-order valence-electron chi connectivity index (χ1n) is 11.3. The normalized spacial score (nSPS) is 11.9. The van der Waals surface area contributed by atoms with Crippen LogP contribution in [0.25, 0.3) is 0 Å². The number of non-ortho nitro benzene ring substituents is 1. The van der Waals surface area contributed by atoms with E-state index in [1.165, 1.54) is 43.3 Å². The van der Waals surface area contributed by atoms with Crippen molar-refractivity contribution >= 4 is 39.1 Å². The SMILES string of the molecule is CCOC(=O)c1c(C)[nH]c(C(=O)C(C)OC(=O)c2ccccc2NS(=O)(=O)c2cccc([N+](=O)[O-])c2)c1C. The van der Waals surface area contributed by atoms with Gasteiger partial charge in [0.2, 0.25) is 5.78 Å². The zero-order chi connectivity index (χ0) is 28.2. The molecular weight excluding hydrogens is 518 g/mol. The monoisotopic (exact) mass is 543 g/mol. The predicted octanol–water partition coefficient (Wildman–Crippen LogP) is 3.95. The fraction of sp³-hybridized carbons (Fsp3) is 0.240. The molecule has 200 valence electrons. The van der Waals surface area contributed by atoms with Gasteiger partial charge in [-0.2, -0.15) is 0 Å². The molecule has 0 amide bonds. The molecule has 13 heteroatoms. The van der Waals surface area contributed by atoms with Gasteiger partial charge >= 0.3 is 11.9 Å². The third-order valence-corrected chi connectivity index (χ3v) is 6.91. The van der Waals surface area contributed by atoms with Crippen molar-refractivity contribution in [2.75, 3.05) is 11.3 Å². The summed E-state index contributed by atoms with van der Waals surface area (Å²) in [5.41, 5.74) is 0.296. The number of benzene rings is 2. The fourth-order valence-electron chi connectivity index (χ4n) is 3.70. The Hall–Kier alpha value is -4.52. The highest BCUT2D eigenvalue weighted by Crippen LogP contribution is 2.25. The van der Waals surface area contributed by atoms with Crippen LogP contribution in [0.5, 0.6) is 0 Å². The summed E-state index contributed by atoms with van der Waals surface area (Å²) < 4.78 is 38.3. The quantitative estimate of drug-likeness (QED) is 0.166. The van der Waals surface area contributed by atoms with Crippen molar-refractivity contribution in [1.29, 1.82) is 0 Å². The number of aromatic nitrogens is 1. The maximum atomic E-state index is 13.0. The molecule has 0 spiro atoms. The Morgan fingerprint density at radius 1 is 1.08 bits per heavy atom. The van der Waals surface area contributed by atoms with Crippen molar-refractivity contribution in [2.45, 2.75) is 38.7 Å². The summed E-state index contributed by atoms with van der Waals surface area (Å²) in [5, 5.41) is 11.0. The second-order valence-corrected chi connectivity index (χ2v) is 9.85. The Morgan fingerprint density at radius 3 is 2.42 bits per heavy atom. The zero-order valence-corrected chi connectivity index (χ0v) is 21.7. The van der Waals surface area contributed by atoms with Gasteiger partial charge in [0.05, 0.1) is 38.9 Å². The molecule has 0 saturated heterocycles. The first kappa shape index (κ1) is 28.1. The van der Waals surface area contributed by atoms with Gasteiger partial charge in [-0.3, -0.25) is 19.6 Å². The van der Waals surface area contributed by atoms with Crippen LogP contribution < -0.4 is 4.72 Å². The van der Waals surface area contributed by atoms with Crippen LogP contribution in [0, 0.1) is 24.0 Å². The fourth-order valence-corrected chi connectivity index (χ4v) is 4.82. The molecule has 2 N–H and O–H groups in total. The van der Waals surface area contributed by atoms with E-state index >= 15 is 0 Å². The molecule has 0 bridgehead atoms. The number of nitrogens with one attached hydrogen (secondary N) is 2. The van der Waals surface area contributed by atoms with E-state index in [2.05, 4.69) is 9.71 Å². The number of nitrogens with zero attached hydrogens (tertiary/aromatic N) is 1. The molecule has 0 aliphatic rings. The van der Waals surface area contributed by atoms with E-state index in [4.69, 9.17) is 9.47 Å². The zero-order valence-electron chi connectivity index (χ0n) is 20.9. The number of sulfonamides is 1. The molecule has 0 aliphatic heterocycles. The van der Waals surface area contributed by atoms with Gasteiger partial charge < -0.3 is 14.5 Å². The number of hydrogen-bond acceptors (Lipinski definition) is 9. The van der Waals surface area contributed by atoms with E-state index in [9.17, 15) is 32.9 Å². The van der Waals surface area contributed by atoms with Gasteiger partial charge in [0.25, 0.3) is 15.7 Å². The van der Waals surface area contributed by atoms with Gasteiger partial charge in [-0.1, -0.05) is 18.2 Å². The van der Waals surface area contributed by atoms with Crippen molar-refractivity contribution < 1.29 is 37.2 Å². The second-order valence-electron chi connectivity index (χ2n) is 8.16. The maximum absolute atomic E-state index is 13.0. The standard InChI is InChI=1S/C25H25N3O9S/c1-5-36-25(31)21-14(2)22(26-15(21)3)23(29)16(4)37-24(30)19-11-6-7-12-20(19)27-38(34,35)18-10-8-9-17(13-18)28(32)33/h6-13,16,26-27H,5H2,1-4H3. The number of aryl methyl sites for hydroxylation is 1. The molecule has 0 aliphatic carbocycles. The van der Waals surface area contributed by atoms with Crippen molar-refractivity contribution in [3.63, 3.8) is 0 Å². The number of hydrogen-bond donors (Lipinski definition) is 2. The Labute approximate surface area is 218 Å². The number of aromatic amines is 1. The van der Waals surface area contributed by atoms with Crippen molar-refractivity contribution in [3.8, 4) is 0 Å². The van der Waals surface area contributed by atoms with Gasteiger partial charge in [0.15, 0.2) is 6.10 Å². The number of nitro groups is 1. The smallest absolute Gasteiger partial charge is 0.340 e. The number of rotatable bonds is 10. The van der Waals surface area contributed by atoms with Crippen molar-refractivity contribution in [1.82, 2.24) is 4.98 Å². The number of nitro benzene ring substituents is 1. The average Bonchev–Trinajstić information content (AvgIpc) is 3.17. The minimum absolute atomic E-state index is 0.0745. The van der Waals surface area contributed by atoms with E-state index in [-0.39, 0.29) is 34.0 Å². The van der Waals surface area contributed by atoms with Gasteiger partial charge in [-0.05, 0) is 51.5 Å². The molecule has 12 nitrogen and oxygen atoms in total. The number of carbonyl (C=O) groups excluding carboxylic acids is 3.